The first kappa shape index (κ1) is 78.4. The quantitative estimate of drug-likeness (QED) is 0.0211. The lowest BCUT2D eigenvalue weighted by Gasteiger charge is -2.25. The second-order valence-electron chi connectivity index (χ2n) is 23.0. The van der Waals surface area contributed by atoms with E-state index in [1.807, 2.05) is 21.1 Å². The fourth-order valence-electron chi connectivity index (χ4n) is 8.87. The summed E-state index contributed by atoms with van der Waals surface area (Å²) in [5, 5.41) is 9.74. The van der Waals surface area contributed by atoms with Crippen LogP contribution in [-0.2, 0) is 33.3 Å². The Morgan fingerprint density at radius 2 is 0.651 bits per heavy atom. The average Bonchev–Trinajstić information content (AvgIpc) is 3.46. The number of allylic oxidation sites excluding steroid dienone is 22. The van der Waals surface area contributed by atoms with Crippen LogP contribution in [0, 0.1) is 0 Å². The lowest BCUT2D eigenvalue weighted by atomic mass is 10.0. The van der Waals surface area contributed by atoms with E-state index in [2.05, 4.69) is 148 Å². The van der Waals surface area contributed by atoms with Crippen LogP contribution >= 0.6 is 0 Å². The molecule has 83 heavy (non-hydrogen) atoms. The van der Waals surface area contributed by atoms with E-state index in [1.165, 1.54) is 109 Å². The highest BCUT2D eigenvalue weighted by Gasteiger charge is 2.25. The van der Waals surface area contributed by atoms with Gasteiger partial charge < -0.3 is 28.5 Å². The summed E-state index contributed by atoms with van der Waals surface area (Å²) in [6, 6.07) is 0. The van der Waals surface area contributed by atoms with Gasteiger partial charge in [0, 0.05) is 12.8 Å². The van der Waals surface area contributed by atoms with E-state index in [4.69, 9.17) is 18.9 Å². The first-order valence-corrected chi connectivity index (χ1v) is 33.3. The van der Waals surface area contributed by atoms with Crippen LogP contribution in [0.15, 0.2) is 134 Å². The molecule has 0 saturated heterocycles. The molecular weight excluding hydrogens is 1030 g/mol. The highest BCUT2D eigenvalue weighted by molar-refractivity contribution is 5.71. The van der Waals surface area contributed by atoms with Crippen molar-refractivity contribution in [3.8, 4) is 0 Å². The van der Waals surface area contributed by atoms with E-state index < -0.39 is 24.3 Å². The molecular formula is C74H124NO8+. The fraction of sp³-hybridized carbons (Fsp3) is 0.662. The van der Waals surface area contributed by atoms with Gasteiger partial charge in [-0.05, 0) is 109 Å². The van der Waals surface area contributed by atoms with Gasteiger partial charge in [0.2, 0.25) is 0 Å². The van der Waals surface area contributed by atoms with Crippen LogP contribution in [0.2, 0.25) is 0 Å². The standard InChI is InChI=1S/C74H123NO8/c1-6-8-10-12-14-16-18-20-22-24-26-28-30-32-34-35-36-37-39-41-43-45-47-49-51-53-55-57-59-61-63-65-72(77)83-70(69-82-74(73(78)79)80-67-66-75(3,4)5)68-81-71(76)64-62-60-58-56-54-52-50-48-46-44-42-40-38-33-31-29-27-25-23-21-19-17-15-13-11-9-7-2/h8-11,14-17,20-23,26-29,32,34,36-37,41,43,70,74H,6-7,12-13,18-19,24-25,30-31,33,35,38-40,42,44-69H2,1-5H3/p+1/b10-8-,11-9-,16-14-,17-15-,22-20-,23-21-,28-26-,29-27-,34-32-,37-36-,43-41-. The molecule has 9 nitrogen and oxygen atoms in total. The molecule has 0 saturated carbocycles. The van der Waals surface area contributed by atoms with Crippen LogP contribution < -0.4 is 0 Å². The van der Waals surface area contributed by atoms with Gasteiger partial charge >= 0.3 is 17.9 Å². The van der Waals surface area contributed by atoms with Gasteiger partial charge in [-0.15, -0.1) is 0 Å². The molecule has 0 radical (unpaired) electrons. The van der Waals surface area contributed by atoms with Gasteiger partial charge in [-0.2, -0.15) is 0 Å². The topological polar surface area (TPSA) is 108 Å². The van der Waals surface area contributed by atoms with Gasteiger partial charge in [0.25, 0.3) is 6.29 Å². The van der Waals surface area contributed by atoms with E-state index in [1.54, 1.807) is 0 Å². The normalized spacial score (nSPS) is 13.6. The molecule has 0 rings (SSSR count). The number of carboxylic acids is 1. The SMILES string of the molecule is CC/C=C\C/C=C\C/C=C\C/C=C\C/C=C\C/C=C\C/C=C\CCCCCCCCCCCC(=O)OC(COC(=O)CCCCCCCCCCCCCCCC/C=C\C/C=C\C/C=C\C/C=C\CC)COC(OCC[N+](C)(C)C)C(=O)O. The van der Waals surface area contributed by atoms with Crippen molar-refractivity contribution in [1.82, 2.24) is 0 Å². The van der Waals surface area contributed by atoms with E-state index in [0.29, 0.717) is 23.9 Å². The minimum absolute atomic E-state index is 0.180. The number of unbranched alkanes of at least 4 members (excludes halogenated alkanes) is 23. The highest BCUT2D eigenvalue weighted by atomic mass is 16.7. The molecule has 2 unspecified atom stereocenters. The molecule has 0 spiro atoms. The molecule has 2 atom stereocenters. The Hall–Kier alpha value is -4.57. The summed E-state index contributed by atoms with van der Waals surface area (Å²) in [5.74, 6) is -2.02. The Bertz CT molecular complexity index is 1820. The van der Waals surface area contributed by atoms with Crippen molar-refractivity contribution < 1.29 is 42.9 Å². The number of rotatable bonds is 60. The molecule has 472 valence electrons. The Morgan fingerprint density at radius 3 is 0.964 bits per heavy atom. The van der Waals surface area contributed by atoms with E-state index in [9.17, 15) is 19.5 Å². The lowest BCUT2D eigenvalue weighted by molar-refractivity contribution is -0.870. The van der Waals surface area contributed by atoms with Crippen molar-refractivity contribution in [2.45, 2.75) is 270 Å². The minimum Gasteiger partial charge on any atom is -0.477 e. The minimum atomic E-state index is -1.52. The Balaban J connectivity index is 4.20. The van der Waals surface area contributed by atoms with Crippen LogP contribution in [0.4, 0.5) is 0 Å². The van der Waals surface area contributed by atoms with Crippen LogP contribution in [0.3, 0.4) is 0 Å². The largest absolute Gasteiger partial charge is 0.477 e. The van der Waals surface area contributed by atoms with Crippen molar-refractivity contribution in [2.24, 2.45) is 0 Å². The van der Waals surface area contributed by atoms with Crippen LogP contribution in [0.5, 0.6) is 0 Å². The number of likely N-dealkylation sites (N-methyl/N-ethyl adjacent to an activating group) is 1. The molecule has 0 aromatic rings. The van der Waals surface area contributed by atoms with Crippen molar-refractivity contribution in [1.29, 1.82) is 0 Å². The van der Waals surface area contributed by atoms with E-state index in [-0.39, 0.29) is 32.2 Å². The predicted molar refractivity (Wildman–Crippen MR) is 354 cm³/mol. The molecule has 0 aliphatic rings. The van der Waals surface area contributed by atoms with E-state index >= 15 is 0 Å². The number of ether oxygens (including phenoxy) is 4. The second-order valence-corrected chi connectivity index (χ2v) is 23.0. The fourth-order valence-corrected chi connectivity index (χ4v) is 8.87. The molecule has 0 aromatic heterocycles. The number of hydrogen-bond donors (Lipinski definition) is 1. The van der Waals surface area contributed by atoms with Gasteiger partial charge in [-0.25, -0.2) is 4.79 Å². The summed E-state index contributed by atoms with van der Waals surface area (Å²) in [6.07, 6.45) is 88.3. The number of carbonyl (C=O) groups is 3. The Labute approximate surface area is 509 Å². The Morgan fingerprint density at radius 1 is 0.361 bits per heavy atom. The zero-order chi connectivity index (χ0) is 60.5. The summed E-state index contributed by atoms with van der Waals surface area (Å²) in [4.78, 5) is 37.6. The summed E-state index contributed by atoms with van der Waals surface area (Å²) < 4.78 is 23.0. The van der Waals surface area contributed by atoms with Crippen molar-refractivity contribution in [2.75, 3.05) is 47.5 Å². The van der Waals surface area contributed by atoms with Crippen molar-refractivity contribution >= 4 is 17.9 Å². The number of quaternary nitrogens is 1. The maximum Gasteiger partial charge on any atom is 0.361 e. The third kappa shape index (κ3) is 64.8. The lowest BCUT2D eigenvalue weighted by Crippen LogP contribution is -2.40. The highest BCUT2D eigenvalue weighted by Crippen LogP contribution is 2.16. The third-order valence-electron chi connectivity index (χ3n) is 13.9. The van der Waals surface area contributed by atoms with Gasteiger partial charge in [0.1, 0.15) is 13.2 Å². The van der Waals surface area contributed by atoms with Crippen molar-refractivity contribution in [3.05, 3.63) is 134 Å². The van der Waals surface area contributed by atoms with Gasteiger partial charge in [-0.1, -0.05) is 270 Å². The monoisotopic (exact) mass is 1150 g/mol. The number of aliphatic carboxylic acids is 1. The Kier molecular flexibility index (Phi) is 60.0. The average molecular weight is 1160 g/mol. The van der Waals surface area contributed by atoms with Crippen LogP contribution in [-0.4, -0.2) is 87.4 Å². The molecule has 0 aromatic carbocycles. The van der Waals surface area contributed by atoms with Gasteiger partial charge in [-0.3, -0.25) is 9.59 Å². The summed E-state index contributed by atoms with van der Waals surface area (Å²) in [5.41, 5.74) is 0. The molecule has 0 bridgehead atoms. The van der Waals surface area contributed by atoms with E-state index in [0.717, 1.165) is 116 Å². The maximum absolute atomic E-state index is 12.9. The number of nitrogens with zero attached hydrogens (tertiary/aromatic N) is 1. The first-order valence-electron chi connectivity index (χ1n) is 33.3. The molecule has 0 aliphatic heterocycles. The second kappa shape index (κ2) is 63.5. The number of esters is 2. The zero-order valence-electron chi connectivity index (χ0n) is 53.8. The van der Waals surface area contributed by atoms with Gasteiger partial charge in [0.15, 0.2) is 6.10 Å². The van der Waals surface area contributed by atoms with Crippen molar-refractivity contribution in [3.63, 3.8) is 0 Å². The number of carbonyl (C=O) groups excluding carboxylic acids is 2. The molecule has 0 heterocycles. The molecule has 1 N–H and O–H groups in total. The summed E-state index contributed by atoms with van der Waals surface area (Å²) in [7, 11) is 5.97. The molecule has 9 heteroatoms. The molecule has 0 aliphatic carbocycles. The summed E-state index contributed by atoms with van der Waals surface area (Å²) >= 11 is 0. The number of hydrogen-bond acceptors (Lipinski definition) is 7. The maximum atomic E-state index is 12.9. The summed E-state index contributed by atoms with van der Waals surface area (Å²) in [6.45, 7) is 4.65. The smallest absolute Gasteiger partial charge is 0.361 e. The first-order chi connectivity index (χ1) is 40.6. The zero-order valence-corrected chi connectivity index (χ0v) is 53.8. The number of carboxylic acid groups (broad SMARTS) is 1. The van der Waals surface area contributed by atoms with Gasteiger partial charge in [0.05, 0.1) is 34.4 Å². The van der Waals surface area contributed by atoms with Crippen LogP contribution in [0.25, 0.3) is 0 Å². The van der Waals surface area contributed by atoms with Crippen LogP contribution in [0.1, 0.15) is 258 Å². The third-order valence-corrected chi connectivity index (χ3v) is 13.9. The predicted octanol–water partition coefficient (Wildman–Crippen LogP) is 20.6. The molecule has 0 fully saturated rings. The molecule has 0 amide bonds.